The second-order valence-electron chi connectivity index (χ2n) is 3.67. The predicted octanol–water partition coefficient (Wildman–Crippen LogP) is 2.12. The normalized spacial score (nSPS) is 10.9. The molecule has 0 unspecified atom stereocenters. The lowest BCUT2D eigenvalue weighted by Gasteiger charge is -1.93. The molecule has 3 aromatic rings. The molecule has 4 nitrogen and oxygen atoms in total. The summed E-state index contributed by atoms with van der Waals surface area (Å²) >= 11 is 0. The van der Waals surface area contributed by atoms with Gasteiger partial charge in [0.25, 0.3) is 0 Å². The molecule has 0 spiro atoms. The van der Waals surface area contributed by atoms with Gasteiger partial charge < -0.3 is 5.73 Å². The molecule has 2 heterocycles. The van der Waals surface area contributed by atoms with Gasteiger partial charge in [-0.25, -0.2) is 13.9 Å². The van der Waals surface area contributed by atoms with Gasteiger partial charge in [0.15, 0.2) is 11.5 Å². The van der Waals surface area contributed by atoms with Crippen molar-refractivity contribution in [3.05, 3.63) is 48.4 Å². The van der Waals surface area contributed by atoms with Crippen molar-refractivity contribution in [1.29, 1.82) is 0 Å². The van der Waals surface area contributed by atoms with Gasteiger partial charge in [-0.05, 0) is 36.4 Å². The number of pyridine rings is 1. The molecule has 2 aromatic heterocycles. The first kappa shape index (κ1) is 9.77. The van der Waals surface area contributed by atoms with Crippen molar-refractivity contribution in [2.24, 2.45) is 0 Å². The Morgan fingerprint density at radius 1 is 1.12 bits per heavy atom. The summed E-state index contributed by atoms with van der Waals surface area (Å²) < 4.78 is 14.4. The van der Waals surface area contributed by atoms with E-state index in [0.717, 1.165) is 5.56 Å². The van der Waals surface area contributed by atoms with Crippen LogP contribution in [0.2, 0.25) is 0 Å². The van der Waals surface area contributed by atoms with Crippen LogP contribution in [-0.2, 0) is 0 Å². The minimum Gasteiger partial charge on any atom is -0.396 e. The average molecular weight is 228 g/mol. The molecule has 5 heteroatoms. The second kappa shape index (κ2) is 3.55. The summed E-state index contributed by atoms with van der Waals surface area (Å²) in [4.78, 5) is 4.32. The van der Waals surface area contributed by atoms with E-state index in [0.29, 0.717) is 17.2 Å². The van der Waals surface area contributed by atoms with Crippen LogP contribution in [0.25, 0.3) is 17.0 Å². The standard InChI is InChI=1S/C12H9FN4/c13-9-5-3-8(4-6-9)11-15-12-10(14)2-1-7-17(12)16-11/h1-7H,14H2. The van der Waals surface area contributed by atoms with E-state index in [-0.39, 0.29) is 5.82 Å². The van der Waals surface area contributed by atoms with Gasteiger partial charge in [-0.1, -0.05) is 0 Å². The Morgan fingerprint density at radius 2 is 1.88 bits per heavy atom. The van der Waals surface area contributed by atoms with Crippen LogP contribution < -0.4 is 5.73 Å². The number of hydrogen-bond donors (Lipinski definition) is 1. The number of benzene rings is 1. The molecule has 2 N–H and O–H groups in total. The minimum absolute atomic E-state index is 0.281. The average Bonchev–Trinajstić information content (AvgIpc) is 2.75. The maximum Gasteiger partial charge on any atom is 0.182 e. The molecule has 0 aliphatic rings. The van der Waals surface area contributed by atoms with E-state index in [1.165, 1.54) is 12.1 Å². The SMILES string of the molecule is Nc1cccn2nc(-c3ccc(F)cc3)nc12. The van der Waals surface area contributed by atoms with Gasteiger partial charge in [0.2, 0.25) is 0 Å². The third kappa shape index (κ3) is 1.61. The van der Waals surface area contributed by atoms with Crippen LogP contribution in [-0.4, -0.2) is 14.6 Å². The molecule has 0 atom stereocenters. The van der Waals surface area contributed by atoms with E-state index in [4.69, 9.17) is 5.73 Å². The number of hydrogen-bond acceptors (Lipinski definition) is 3. The van der Waals surface area contributed by atoms with Crippen LogP contribution in [0.1, 0.15) is 0 Å². The summed E-state index contributed by atoms with van der Waals surface area (Å²) in [5.74, 6) is 0.250. The fraction of sp³-hybridized carbons (Fsp3) is 0. The Kier molecular flexibility index (Phi) is 2.04. The molecule has 0 bridgehead atoms. The molecule has 0 aliphatic carbocycles. The van der Waals surface area contributed by atoms with Crippen molar-refractivity contribution in [2.45, 2.75) is 0 Å². The van der Waals surface area contributed by atoms with Crippen molar-refractivity contribution in [3.8, 4) is 11.4 Å². The van der Waals surface area contributed by atoms with Gasteiger partial charge in [0, 0.05) is 11.8 Å². The molecule has 17 heavy (non-hydrogen) atoms. The van der Waals surface area contributed by atoms with Gasteiger partial charge >= 0.3 is 0 Å². The first-order chi connectivity index (χ1) is 8.24. The first-order valence-corrected chi connectivity index (χ1v) is 5.11. The number of nitrogens with zero attached hydrogens (tertiary/aromatic N) is 3. The minimum atomic E-state index is -0.281. The molecule has 84 valence electrons. The third-order valence-electron chi connectivity index (χ3n) is 2.49. The Bertz CT molecular complexity index is 673. The van der Waals surface area contributed by atoms with Crippen molar-refractivity contribution >= 4 is 11.3 Å². The number of anilines is 1. The quantitative estimate of drug-likeness (QED) is 0.694. The zero-order valence-electron chi connectivity index (χ0n) is 8.84. The number of nitrogens with two attached hydrogens (primary N) is 1. The molecule has 0 radical (unpaired) electrons. The monoisotopic (exact) mass is 228 g/mol. The highest BCUT2D eigenvalue weighted by atomic mass is 19.1. The van der Waals surface area contributed by atoms with Gasteiger partial charge in [-0.15, -0.1) is 5.10 Å². The summed E-state index contributed by atoms with van der Waals surface area (Å²) in [5.41, 5.74) is 7.71. The van der Waals surface area contributed by atoms with E-state index in [9.17, 15) is 4.39 Å². The summed E-state index contributed by atoms with van der Waals surface area (Å²) in [5, 5.41) is 4.28. The second-order valence-corrected chi connectivity index (χ2v) is 3.67. The number of fused-ring (bicyclic) bond motifs is 1. The molecule has 3 rings (SSSR count). The highest BCUT2D eigenvalue weighted by molar-refractivity contribution is 5.67. The van der Waals surface area contributed by atoms with Crippen molar-refractivity contribution < 1.29 is 4.39 Å². The molecule has 0 aliphatic heterocycles. The van der Waals surface area contributed by atoms with E-state index in [2.05, 4.69) is 10.1 Å². The number of halogens is 1. The summed E-state index contributed by atoms with van der Waals surface area (Å²) in [6, 6.07) is 9.60. The number of aromatic nitrogens is 3. The molecule has 0 saturated heterocycles. The Hall–Kier alpha value is -2.43. The van der Waals surface area contributed by atoms with E-state index in [1.54, 1.807) is 35.0 Å². The maximum absolute atomic E-state index is 12.8. The Balaban J connectivity index is 2.18. The zero-order valence-corrected chi connectivity index (χ0v) is 8.84. The fourth-order valence-corrected chi connectivity index (χ4v) is 1.65. The van der Waals surface area contributed by atoms with Crippen molar-refractivity contribution in [3.63, 3.8) is 0 Å². The molecule has 0 amide bonds. The smallest absolute Gasteiger partial charge is 0.182 e. The van der Waals surface area contributed by atoms with Gasteiger partial charge in [0.1, 0.15) is 5.82 Å². The lowest BCUT2D eigenvalue weighted by atomic mass is 10.2. The van der Waals surface area contributed by atoms with Crippen molar-refractivity contribution in [2.75, 3.05) is 5.73 Å². The maximum atomic E-state index is 12.8. The molecule has 1 aromatic carbocycles. The number of nitrogen functional groups attached to an aromatic ring is 1. The lowest BCUT2D eigenvalue weighted by molar-refractivity contribution is 0.628. The predicted molar refractivity (Wildman–Crippen MR) is 62.8 cm³/mol. The van der Waals surface area contributed by atoms with Crippen LogP contribution in [0.3, 0.4) is 0 Å². The zero-order chi connectivity index (χ0) is 11.8. The molecule has 0 fully saturated rings. The molecular formula is C12H9FN4. The van der Waals surface area contributed by atoms with Crippen LogP contribution in [0.15, 0.2) is 42.6 Å². The van der Waals surface area contributed by atoms with Crippen LogP contribution in [0, 0.1) is 5.82 Å². The van der Waals surface area contributed by atoms with E-state index in [1.807, 2.05) is 0 Å². The van der Waals surface area contributed by atoms with Gasteiger partial charge in [-0.2, -0.15) is 0 Å². The topological polar surface area (TPSA) is 56.2 Å². The largest absolute Gasteiger partial charge is 0.396 e. The third-order valence-corrected chi connectivity index (χ3v) is 2.49. The van der Waals surface area contributed by atoms with Crippen molar-refractivity contribution in [1.82, 2.24) is 14.6 Å². The van der Waals surface area contributed by atoms with E-state index < -0.39 is 0 Å². The summed E-state index contributed by atoms with van der Waals surface area (Å²) in [6.07, 6.45) is 1.77. The number of rotatable bonds is 1. The van der Waals surface area contributed by atoms with Crippen LogP contribution in [0.4, 0.5) is 10.1 Å². The lowest BCUT2D eigenvalue weighted by Crippen LogP contribution is -1.92. The molecule has 0 saturated carbocycles. The summed E-state index contributed by atoms with van der Waals surface area (Å²) in [6.45, 7) is 0. The summed E-state index contributed by atoms with van der Waals surface area (Å²) in [7, 11) is 0. The van der Waals surface area contributed by atoms with Gasteiger partial charge in [0.05, 0.1) is 5.69 Å². The Labute approximate surface area is 96.5 Å². The van der Waals surface area contributed by atoms with Crippen LogP contribution >= 0.6 is 0 Å². The van der Waals surface area contributed by atoms with Crippen LogP contribution in [0.5, 0.6) is 0 Å². The highest BCUT2D eigenvalue weighted by Gasteiger charge is 2.07. The van der Waals surface area contributed by atoms with E-state index >= 15 is 0 Å². The first-order valence-electron chi connectivity index (χ1n) is 5.11. The fourth-order valence-electron chi connectivity index (χ4n) is 1.65. The molecular weight excluding hydrogens is 219 g/mol. The van der Waals surface area contributed by atoms with Gasteiger partial charge in [-0.3, -0.25) is 0 Å². The Morgan fingerprint density at radius 3 is 2.59 bits per heavy atom. The highest BCUT2D eigenvalue weighted by Crippen LogP contribution is 2.18.